The van der Waals surface area contributed by atoms with E-state index in [0.717, 1.165) is 31.4 Å². The Labute approximate surface area is 255 Å². The number of fused-ring (bicyclic) bond motifs is 6. The highest BCUT2D eigenvalue weighted by molar-refractivity contribution is 5.90. The van der Waals surface area contributed by atoms with E-state index in [4.69, 9.17) is 6.58 Å². The standard InChI is InChI=1S/C42H37N/c1-29-34(32-23-26-40-38-17-6-5-15-36(38)37-16-7-8-18-39(37)41(40)28-32)19-11-27-43(42-20-10-9-14-35(29)42)33-24-21-31(22-25-33)30-12-3-2-4-13-30/h2-5,7-10,12-16,18-25,40-41H,1,6,11,17,26-28H2/b34-19+. The summed E-state index contributed by atoms with van der Waals surface area (Å²) in [5, 5.41) is 0. The third-order valence-electron chi connectivity index (χ3n) is 10.0. The molecule has 0 bridgehead atoms. The van der Waals surface area contributed by atoms with Gasteiger partial charge in [0, 0.05) is 23.5 Å². The Morgan fingerprint density at radius 2 is 1.42 bits per heavy atom. The van der Waals surface area contributed by atoms with Crippen LogP contribution in [-0.2, 0) is 0 Å². The van der Waals surface area contributed by atoms with Gasteiger partial charge in [0.1, 0.15) is 0 Å². The molecule has 0 radical (unpaired) electrons. The lowest BCUT2D eigenvalue weighted by Crippen LogP contribution is -2.26. The van der Waals surface area contributed by atoms with Gasteiger partial charge >= 0.3 is 0 Å². The molecule has 0 saturated carbocycles. The summed E-state index contributed by atoms with van der Waals surface area (Å²) in [4.78, 5) is 2.47. The largest absolute Gasteiger partial charge is 0.341 e. The van der Waals surface area contributed by atoms with Crippen LogP contribution in [0, 0.1) is 5.92 Å². The predicted molar refractivity (Wildman–Crippen MR) is 182 cm³/mol. The van der Waals surface area contributed by atoms with Crippen molar-refractivity contribution in [3.05, 3.63) is 167 Å². The van der Waals surface area contributed by atoms with Gasteiger partial charge in [-0.25, -0.2) is 0 Å². The first-order valence-electron chi connectivity index (χ1n) is 15.9. The summed E-state index contributed by atoms with van der Waals surface area (Å²) in [6.07, 6.45) is 15.3. The van der Waals surface area contributed by atoms with Crippen LogP contribution in [0.15, 0.2) is 151 Å². The number of hydrogen-bond acceptors (Lipinski definition) is 1. The van der Waals surface area contributed by atoms with Crippen molar-refractivity contribution in [1.82, 2.24) is 0 Å². The smallest absolute Gasteiger partial charge is 0.0490 e. The second kappa shape index (κ2) is 10.9. The lowest BCUT2D eigenvalue weighted by Gasteiger charge is -2.41. The Balaban J connectivity index is 1.12. The van der Waals surface area contributed by atoms with E-state index in [1.807, 2.05) is 0 Å². The Hall–Kier alpha value is -4.62. The molecule has 8 rings (SSSR count). The number of nitrogens with zero attached hydrogens (tertiary/aromatic N) is 1. The van der Waals surface area contributed by atoms with Crippen molar-refractivity contribution in [2.75, 3.05) is 11.4 Å². The van der Waals surface area contributed by atoms with Crippen LogP contribution in [0.5, 0.6) is 0 Å². The summed E-state index contributed by atoms with van der Waals surface area (Å²) >= 11 is 0. The van der Waals surface area contributed by atoms with Gasteiger partial charge in [-0.3, -0.25) is 0 Å². The Bertz CT molecular complexity index is 1830. The first kappa shape index (κ1) is 26.0. The maximum atomic E-state index is 4.76. The molecule has 0 N–H and O–H groups in total. The monoisotopic (exact) mass is 555 g/mol. The van der Waals surface area contributed by atoms with Crippen LogP contribution in [0.1, 0.15) is 54.7 Å². The molecule has 0 aromatic heterocycles. The molecule has 0 saturated heterocycles. The van der Waals surface area contributed by atoms with Gasteiger partial charge in [-0.2, -0.15) is 0 Å². The highest BCUT2D eigenvalue weighted by Crippen LogP contribution is 2.53. The molecule has 0 spiro atoms. The number of para-hydroxylation sites is 1. The fraction of sp³-hybridized carbons (Fsp3) is 0.190. The van der Waals surface area contributed by atoms with Gasteiger partial charge in [-0.05, 0) is 107 Å². The van der Waals surface area contributed by atoms with Gasteiger partial charge in [0.05, 0.1) is 0 Å². The first-order valence-corrected chi connectivity index (χ1v) is 15.9. The Morgan fingerprint density at radius 3 is 2.28 bits per heavy atom. The average Bonchev–Trinajstić information content (AvgIpc) is 3.08. The number of benzene rings is 4. The van der Waals surface area contributed by atoms with Crippen LogP contribution in [-0.4, -0.2) is 6.54 Å². The van der Waals surface area contributed by atoms with E-state index < -0.39 is 0 Å². The maximum Gasteiger partial charge on any atom is 0.0490 e. The van der Waals surface area contributed by atoms with Crippen LogP contribution in [0.25, 0.3) is 22.3 Å². The Morgan fingerprint density at radius 1 is 0.674 bits per heavy atom. The molecule has 43 heavy (non-hydrogen) atoms. The van der Waals surface area contributed by atoms with Crippen molar-refractivity contribution in [1.29, 1.82) is 0 Å². The summed E-state index contributed by atoms with van der Waals surface area (Å²) in [5.74, 6) is 1.15. The molecular weight excluding hydrogens is 518 g/mol. The van der Waals surface area contributed by atoms with E-state index in [1.54, 1.807) is 5.57 Å². The van der Waals surface area contributed by atoms with E-state index in [0.29, 0.717) is 11.8 Å². The minimum atomic E-state index is 0.537. The van der Waals surface area contributed by atoms with Gasteiger partial charge in [0.15, 0.2) is 0 Å². The fourth-order valence-electron chi connectivity index (χ4n) is 7.97. The lowest BCUT2D eigenvalue weighted by molar-refractivity contribution is 0.444. The van der Waals surface area contributed by atoms with Crippen molar-refractivity contribution in [2.45, 2.75) is 38.0 Å². The van der Waals surface area contributed by atoms with Crippen LogP contribution in [0.2, 0.25) is 0 Å². The van der Waals surface area contributed by atoms with Crippen LogP contribution >= 0.6 is 0 Å². The minimum absolute atomic E-state index is 0.537. The summed E-state index contributed by atoms with van der Waals surface area (Å²) in [6.45, 7) is 5.69. The topological polar surface area (TPSA) is 3.24 Å². The molecule has 0 fully saturated rings. The fourth-order valence-corrected chi connectivity index (χ4v) is 7.97. The van der Waals surface area contributed by atoms with Crippen molar-refractivity contribution < 1.29 is 0 Å². The third-order valence-corrected chi connectivity index (χ3v) is 10.0. The van der Waals surface area contributed by atoms with Gasteiger partial charge in [0.2, 0.25) is 0 Å². The van der Waals surface area contributed by atoms with E-state index >= 15 is 0 Å². The van der Waals surface area contributed by atoms with Crippen LogP contribution in [0.3, 0.4) is 0 Å². The average molecular weight is 556 g/mol. The Kier molecular flexibility index (Phi) is 6.60. The molecule has 4 aromatic carbocycles. The zero-order chi connectivity index (χ0) is 28.8. The quantitative estimate of drug-likeness (QED) is 0.243. The number of rotatable bonds is 3. The van der Waals surface area contributed by atoms with Crippen molar-refractivity contribution in [3.63, 3.8) is 0 Å². The van der Waals surface area contributed by atoms with E-state index in [1.165, 1.54) is 68.8 Å². The molecule has 210 valence electrons. The third kappa shape index (κ3) is 4.55. The number of allylic oxidation sites excluding steroid dienone is 8. The van der Waals surface area contributed by atoms with E-state index in [2.05, 4.69) is 132 Å². The summed E-state index contributed by atoms with van der Waals surface area (Å²) < 4.78 is 0. The van der Waals surface area contributed by atoms with E-state index in [-0.39, 0.29) is 0 Å². The molecule has 2 atom stereocenters. The van der Waals surface area contributed by atoms with Gasteiger partial charge < -0.3 is 4.90 Å². The molecule has 3 aliphatic carbocycles. The van der Waals surface area contributed by atoms with Crippen molar-refractivity contribution in [2.24, 2.45) is 5.92 Å². The molecule has 4 aromatic rings. The zero-order valence-corrected chi connectivity index (χ0v) is 24.7. The second-order valence-electron chi connectivity index (χ2n) is 12.3. The minimum Gasteiger partial charge on any atom is -0.341 e. The SMILES string of the molecule is C=C1/C(C2=CCC3C4=C(C=CCC4)c4ccccc4C3C2)=C\CCN(c2ccc(-c3ccccc3)cc2)c2ccccc21. The van der Waals surface area contributed by atoms with E-state index in [9.17, 15) is 0 Å². The predicted octanol–water partition coefficient (Wildman–Crippen LogP) is 11.1. The maximum absolute atomic E-state index is 4.76. The van der Waals surface area contributed by atoms with Crippen LogP contribution in [0.4, 0.5) is 11.4 Å². The lowest BCUT2D eigenvalue weighted by atomic mass is 9.63. The molecule has 1 nitrogen and oxygen atoms in total. The van der Waals surface area contributed by atoms with Crippen molar-refractivity contribution >= 4 is 22.5 Å². The van der Waals surface area contributed by atoms with Gasteiger partial charge in [-0.1, -0.05) is 121 Å². The molecular formula is C42H37N. The molecule has 1 aliphatic heterocycles. The summed E-state index contributed by atoms with van der Waals surface area (Å²) in [5.41, 5.74) is 16.4. The highest BCUT2D eigenvalue weighted by Gasteiger charge is 2.37. The summed E-state index contributed by atoms with van der Waals surface area (Å²) in [6, 6.07) is 37.7. The number of hydrogen-bond donors (Lipinski definition) is 0. The van der Waals surface area contributed by atoms with Gasteiger partial charge in [-0.15, -0.1) is 0 Å². The van der Waals surface area contributed by atoms with Crippen molar-refractivity contribution in [3.8, 4) is 11.1 Å². The molecule has 1 heteroatoms. The molecule has 0 amide bonds. The zero-order valence-electron chi connectivity index (χ0n) is 24.7. The highest BCUT2D eigenvalue weighted by atomic mass is 15.1. The normalized spacial score (nSPS) is 22.2. The second-order valence-corrected chi connectivity index (χ2v) is 12.3. The molecule has 4 aliphatic rings. The van der Waals surface area contributed by atoms with Crippen LogP contribution < -0.4 is 4.90 Å². The summed E-state index contributed by atoms with van der Waals surface area (Å²) in [7, 11) is 0. The first-order chi connectivity index (χ1) is 21.3. The van der Waals surface area contributed by atoms with Gasteiger partial charge in [0.25, 0.3) is 0 Å². The molecule has 1 heterocycles. The number of anilines is 2. The molecule has 2 unspecified atom stereocenters.